The van der Waals surface area contributed by atoms with E-state index in [9.17, 15) is 18.0 Å². The molecule has 0 bridgehead atoms. The summed E-state index contributed by atoms with van der Waals surface area (Å²) in [4.78, 5) is 11.1. The molecule has 1 rings (SSSR count). The van der Waals surface area contributed by atoms with Crippen LogP contribution in [0.2, 0.25) is 0 Å². The van der Waals surface area contributed by atoms with Gasteiger partial charge in [-0.15, -0.1) is 0 Å². The average Bonchev–Trinajstić information content (AvgIpc) is 2.84. The van der Waals surface area contributed by atoms with Gasteiger partial charge in [-0.1, -0.05) is 0 Å². The Labute approximate surface area is 86.0 Å². The first kappa shape index (κ1) is 12.3. The fraction of sp³-hybridized carbons (Fsp3) is 0.889. The summed E-state index contributed by atoms with van der Waals surface area (Å²) >= 11 is 0. The molecule has 1 saturated carbocycles. The topological polar surface area (TPSA) is 38.3 Å². The van der Waals surface area contributed by atoms with Gasteiger partial charge in [-0.25, -0.2) is 0 Å². The third kappa shape index (κ3) is 2.62. The molecule has 0 aromatic carbocycles. The van der Waals surface area contributed by atoms with Crippen molar-refractivity contribution >= 4 is 5.97 Å². The fourth-order valence-electron chi connectivity index (χ4n) is 1.38. The molecular weight excluding hydrogens is 211 g/mol. The maximum atomic E-state index is 12.5. The number of ether oxygens (including phenoxy) is 1. The minimum atomic E-state index is -4.30. The number of alkyl halides is 3. The number of halogens is 3. The summed E-state index contributed by atoms with van der Waals surface area (Å²) in [6.45, 7) is 3.16. The van der Waals surface area contributed by atoms with E-state index in [0.29, 0.717) is 0 Å². The number of rotatable bonds is 4. The molecule has 6 heteroatoms. The molecule has 0 amide bonds. The van der Waals surface area contributed by atoms with Gasteiger partial charge in [0.05, 0.1) is 6.61 Å². The lowest BCUT2D eigenvalue weighted by Gasteiger charge is -2.23. The van der Waals surface area contributed by atoms with Crippen molar-refractivity contribution in [2.75, 3.05) is 6.61 Å². The smallest absolute Gasteiger partial charge is 0.406 e. The van der Waals surface area contributed by atoms with Crippen molar-refractivity contribution in [3.8, 4) is 0 Å². The van der Waals surface area contributed by atoms with Crippen LogP contribution in [-0.2, 0) is 9.53 Å². The zero-order valence-corrected chi connectivity index (χ0v) is 8.65. The number of hydrogen-bond acceptors (Lipinski definition) is 3. The van der Waals surface area contributed by atoms with Gasteiger partial charge in [-0.05, 0) is 26.7 Å². The SMILES string of the molecule is CCOC(=O)C(C)NC1(C(F)(F)F)CC1. The molecule has 88 valence electrons. The molecule has 15 heavy (non-hydrogen) atoms. The minimum absolute atomic E-state index is 0.0280. The van der Waals surface area contributed by atoms with Crippen molar-refractivity contribution < 1.29 is 22.7 Å². The summed E-state index contributed by atoms with van der Waals surface area (Å²) in [7, 11) is 0. The average molecular weight is 225 g/mol. The highest BCUT2D eigenvalue weighted by Gasteiger charge is 2.63. The van der Waals surface area contributed by atoms with Crippen LogP contribution in [0.4, 0.5) is 13.2 Å². The van der Waals surface area contributed by atoms with Crippen molar-refractivity contribution in [2.24, 2.45) is 0 Å². The zero-order valence-electron chi connectivity index (χ0n) is 8.65. The van der Waals surface area contributed by atoms with Crippen LogP contribution in [-0.4, -0.2) is 30.3 Å². The van der Waals surface area contributed by atoms with Crippen LogP contribution in [0.15, 0.2) is 0 Å². The molecule has 0 aromatic rings. The van der Waals surface area contributed by atoms with Gasteiger partial charge in [0.15, 0.2) is 0 Å². The number of esters is 1. The molecule has 0 aromatic heterocycles. The normalized spacial score (nSPS) is 20.9. The van der Waals surface area contributed by atoms with Gasteiger partial charge in [0.2, 0.25) is 0 Å². The molecule has 1 N–H and O–H groups in total. The van der Waals surface area contributed by atoms with Crippen molar-refractivity contribution in [1.82, 2.24) is 5.32 Å². The van der Waals surface area contributed by atoms with Crippen LogP contribution in [0.3, 0.4) is 0 Å². The van der Waals surface area contributed by atoms with Crippen LogP contribution < -0.4 is 5.32 Å². The minimum Gasteiger partial charge on any atom is -0.465 e. The Balaban J connectivity index is 2.52. The number of hydrogen-bond donors (Lipinski definition) is 1. The third-order valence-corrected chi connectivity index (χ3v) is 2.43. The van der Waals surface area contributed by atoms with Crippen molar-refractivity contribution in [3.05, 3.63) is 0 Å². The Morgan fingerprint density at radius 3 is 2.40 bits per heavy atom. The standard InChI is InChI=1S/C9H14F3NO2/c1-3-15-7(14)6(2)13-8(4-5-8)9(10,11)12/h6,13H,3-5H2,1-2H3. The molecule has 1 aliphatic rings. The molecule has 3 nitrogen and oxygen atoms in total. The molecule has 1 unspecified atom stereocenters. The first-order chi connectivity index (χ1) is 6.82. The lowest BCUT2D eigenvalue weighted by molar-refractivity contribution is -0.171. The van der Waals surface area contributed by atoms with Gasteiger partial charge in [0, 0.05) is 0 Å². The van der Waals surface area contributed by atoms with Crippen LogP contribution in [0, 0.1) is 0 Å². The Hall–Kier alpha value is -0.780. The first-order valence-corrected chi connectivity index (χ1v) is 4.83. The first-order valence-electron chi connectivity index (χ1n) is 4.83. The summed E-state index contributed by atoms with van der Waals surface area (Å²) < 4.78 is 42.1. The van der Waals surface area contributed by atoms with Gasteiger partial charge in [0.1, 0.15) is 11.6 Å². The van der Waals surface area contributed by atoms with Crippen LogP contribution >= 0.6 is 0 Å². The van der Waals surface area contributed by atoms with E-state index in [-0.39, 0.29) is 19.4 Å². The fourth-order valence-corrected chi connectivity index (χ4v) is 1.38. The highest BCUT2D eigenvalue weighted by atomic mass is 19.4. The van der Waals surface area contributed by atoms with Gasteiger partial charge >= 0.3 is 12.1 Å². The lowest BCUT2D eigenvalue weighted by Crippen LogP contribution is -2.51. The molecule has 0 saturated heterocycles. The number of carbonyl (C=O) groups excluding carboxylic acids is 1. The molecule has 0 spiro atoms. The molecule has 0 aliphatic heterocycles. The molecule has 1 fully saturated rings. The molecule has 0 radical (unpaired) electrons. The second-order valence-corrected chi connectivity index (χ2v) is 3.70. The Bertz CT molecular complexity index is 248. The summed E-state index contributed by atoms with van der Waals surface area (Å²) in [6, 6.07) is -0.922. The van der Waals surface area contributed by atoms with Crippen molar-refractivity contribution in [3.63, 3.8) is 0 Å². The second kappa shape index (κ2) is 4.00. The van der Waals surface area contributed by atoms with Crippen LogP contribution in [0.25, 0.3) is 0 Å². The Morgan fingerprint density at radius 2 is 2.07 bits per heavy atom. The predicted molar refractivity (Wildman–Crippen MR) is 47.3 cm³/mol. The molecule has 1 atom stereocenters. The third-order valence-electron chi connectivity index (χ3n) is 2.43. The van der Waals surface area contributed by atoms with Crippen molar-refractivity contribution in [1.29, 1.82) is 0 Å². The second-order valence-electron chi connectivity index (χ2n) is 3.70. The quantitative estimate of drug-likeness (QED) is 0.739. The largest absolute Gasteiger partial charge is 0.465 e. The van der Waals surface area contributed by atoms with E-state index in [4.69, 9.17) is 0 Å². The molecule has 1 aliphatic carbocycles. The van der Waals surface area contributed by atoms with E-state index in [0.717, 1.165) is 0 Å². The highest BCUT2D eigenvalue weighted by Crippen LogP contribution is 2.49. The van der Waals surface area contributed by atoms with E-state index in [1.165, 1.54) is 6.92 Å². The van der Waals surface area contributed by atoms with E-state index in [2.05, 4.69) is 10.1 Å². The van der Waals surface area contributed by atoms with E-state index in [1.54, 1.807) is 6.92 Å². The number of carbonyl (C=O) groups is 1. The maximum Gasteiger partial charge on any atom is 0.406 e. The molecular formula is C9H14F3NO2. The van der Waals surface area contributed by atoms with Crippen LogP contribution in [0.1, 0.15) is 26.7 Å². The maximum absolute atomic E-state index is 12.5. The van der Waals surface area contributed by atoms with E-state index < -0.39 is 23.7 Å². The van der Waals surface area contributed by atoms with E-state index in [1.807, 2.05) is 0 Å². The highest BCUT2D eigenvalue weighted by molar-refractivity contribution is 5.75. The number of nitrogens with one attached hydrogen (secondary N) is 1. The lowest BCUT2D eigenvalue weighted by atomic mass is 10.2. The zero-order chi connectivity index (χ0) is 11.7. The van der Waals surface area contributed by atoms with Gasteiger partial charge in [-0.2, -0.15) is 13.2 Å². The summed E-state index contributed by atoms with van der Waals surface area (Å²) in [5.41, 5.74) is -1.86. The Morgan fingerprint density at radius 1 is 1.53 bits per heavy atom. The van der Waals surface area contributed by atoms with Gasteiger partial charge in [0.25, 0.3) is 0 Å². The monoisotopic (exact) mass is 225 g/mol. The Kier molecular flexibility index (Phi) is 3.28. The van der Waals surface area contributed by atoms with Crippen molar-refractivity contribution in [2.45, 2.75) is 44.4 Å². The van der Waals surface area contributed by atoms with Gasteiger partial charge in [-0.3, -0.25) is 10.1 Å². The summed E-state index contributed by atoms with van der Waals surface area (Å²) in [5.74, 6) is -0.645. The van der Waals surface area contributed by atoms with E-state index >= 15 is 0 Å². The van der Waals surface area contributed by atoms with Gasteiger partial charge < -0.3 is 4.74 Å². The van der Waals surface area contributed by atoms with Crippen LogP contribution in [0.5, 0.6) is 0 Å². The molecule has 0 heterocycles. The predicted octanol–water partition coefficient (Wildman–Crippen LogP) is 1.62. The summed E-state index contributed by atoms with van der Waals surface area (Å²) in [6.07, 6.45) is -4.24. The summed E-state index contributed by atoms with van der Waals surface area (Å²) in [5, 5.41) is 2.29.